The van der Waals surface area contributed by atoms with Gasteiger partial charge in [-0.3, -0.25) is 0 Å². The molecule has 0 amide bonds. The summed E-state index contributed by atoms with van der Waals surface area (Å²) < 4.78 is 1.99. The second-order valence-corrected chi connectivity index (χ2v) is 11.7. The Morgan fingerprint density at radius 1 is 0.595 bits per heavy atom. The number of anilines is 2. The summed E-state index contributed by atoms with van der Waals surface area (Å²) in [5.74, 6) is 0. The second-order valence-electron chi connectivity index (χ2n) is 10.8. The molecule has 0 aliphatic carbocycles. The third-order valence-corrected chi connectivity index (χ3v) is 9.30. The highest BCUT2D eigenvalue weighted by atomic mass is 32.1. The van der Waals surface area contributed by atoms with Gasteiger partial charge in [-0.25, -0.2) is 9.67 Å². The van der Waals surface area contributed by atoms with Crippen molar-refractivity contribution in [3.8, 4) is 49.6 Å². The summed E-state index contributed by atoms with van der Waals surface area (Å²) in [7, 11) is 0. The van der Waals surface area contributed by atoms with E-state index < -0.39 is 0 Å². The van der Waals surface area contributed by atoms with Gasteiger partial charge in [0.05, 0.1) is 11.9 Å². The SMILES string of the molecule is c1ccc(-c2cnn(-c3ccc4c(c3)N3B(c5ccccc5-c5ccc(-c6nccs6)cc53)c3ccccc3-4)c2)cc1. The highest BCUT2D eigenvalue weighted by Crippen LogP contribution is 2.47. The Balaban J connectivity index is 1.28. The molecule has 0 saturated heterocycles. The molecule has 0 radical (unpaired) electrons. The Morgan fingerprint density at radius 2 is 1.29 bits per heavy atom. The van der Waals surface area contributed by atoms with E-state index in [1.807, 2.05) is 28.5 Å². The van der Waals surface area contributed by atoms with Gasteiger partial charge in [0, 0.05) is 51.4 Å². The normalized spacial score (nSPS) is 12.7. The van der Waals surface area contributed by atoms with Crippen molar-refractivity contribution >= 4 is 40.5 Å². The van der Waals surface area contributed by atoms with Crippen LogP contribution in [0.5, 0.6) is 0 Å². The lowest BCUT2D eigenvalue weighted by Gasteiger charge is -2.43. The molecule has 6 heteroatoms. The van der Waals surface area contributed by atoms with E-state index in [2.05, 4.69) is 125 Å². The van der Waals surface area contributed by atoms with Crippen LogP contribution < -0.4 is 15.7 Å². The number of thiazole rings is 1. The van der Waals surface area contributed by atoms with Crippen LogP contribution in [0, 0.1) is 0 Å². The van der Waals surface area contributed by atoms with Gasteiger partial charge in [0.15, 0.2) is 0 Å². The van der Waals surface area contributed by atoms with E-state index in [-0.39, 0.29) is 6.85 Å². The minimum Gasteiger partial charge on any atom is -0.376 e. The first-order valence-electron chi connectivity index (χ1n) is 14.1. The van der Waals surface area contributed by atoms with Crippen molar-refractivity contribution in [3.05, 3.63) is 139 Å². The molecule has 0 N–H and O–H groups in total. The topological polar surface area (TPSA) is 34.0 Å². The lowest BCUT2D eigenvalue weighted by molar-refractivity contribution is 0.880. The summed E-state index contributed by atoms with van der Waals surface area (Å²) in [5, 5.41) is 7.85. The number of hydrogen-bond acceptors (Lipinski definition) is 4. The summed E-state index contributed by atoms with van der Waals surface area (Å²) >= 11 is 1.67. The van der Waals surface area contributed by atoms with Gasteiger partial charge in [0.2, 0.25) is 0 Å². The smallest absolute Gasteiger partial charge is 0.329 e. The number of nitrogens with zero attached hydrogens (tertiary/aromatic N) is 4. The first-order valence-corrected chi connectivity index (χ1v) is 15.0. The zero-order valence-corrected chi connectivity index (χ0v) is 23.4. The molecule has 0 bridgehead atoms. The fourth-order valence-electron chi connectivity index (χ4n) is 6.61. The average Bonchev–Trinajstić information content (AvgIpc) is 3.78. The molecule has 0 saturated carbocycles. The first-order chi connectivity index (χ1) is 20.8. The lowest BCUT2D eigenvalue weighted by Crippen LogP contribution is -2.59. The Kier molecular flexibility index (Phi) is 5.13. The van der Waals surface area contributed by atoms with E-state index in [9.17, 15) is 0 Å². The van der Waals surface area contributed by atoms with Crippen LogP contribution in [0.1, 0.15) is 0 Å². The van der Waals surface area contributed by atoms with E-state index in [4.69, 9.17) is 5.10 Å². The molecule has 2 aliphatic heterocycles. The largest absolute Gasteiger partial charge is 0.376 e. The zero-order chi connectivity index (χ0) is 27.6. The number of benzene rings is 5. The summed E-state index contributed by atoms with van der Waals surface area (Å²) in [6.07, 6.45) is 5.94. The van der Waals surface area contributed by atoms with Gasteiger partial charge in [-0.05, 0) is 45.8 Å². The van der Waals surface area contributed by atoms with Gasteiger partial charge in [0.1, 0.15) is 5.01 Å². The van der Waals surface area contributed by atoms with Crippen molar-refractivity contribution in [2.24, 2.45) is 0 Å². The Hall–Kier alpha value is -5.20. The van der Waals surface area contributed by atoms with Gasteiger partial charge < -0.3 is 4.81 Å². The average molecular weight is 554 g/mol. The number of aromatic nitrogens is 3. The second kappa shape index (κ2) is 9.16. The van der Waals surface area contributed by atoms with Gasteiger partial charge in [-0.2, -0.15) is 5.10 Å². The lowest BCUT2D eigenvalue weighted by atomic mass is 9.43. The molecular formula is C36H23BN4S. The van der Waals surface area contributed by atoms with Crippen LogP contribution >= 0.6 is 11.3 Å². The summed E-state index contributed by atoms with van der Waals surface area (Å²) in [4.78, 5) is 7.17. The summed E-state index contributed by atoms with van der Waals surface area (Å²) in [6, 6.07) is 41.7. The number of fused-ring (bicyclic) bond motifs is 11. The molecule has 7 aromatic rings. The van der Waals surface area contributed by atoms with Crippen LogP contribution in [0.15, 0.2) is 139 Å². The van der Waals surface area contributed by atoms with Crippen LogP contribution in [0.3, 0.4) is 0 Å². The molecule has 0 atom stereocenters. The highest BCUT2D eigenvalue weighted by molar-refractivity contribution is 7.13. The maximum Gasteiger partial charge on any atom is 0.329 e. The van der Waals surface area contributed by atoms with Crippen molar-refractivity contribution in [2.45, 2.75) is 0 Å². The third-order valence-electron chi connectivity index (χ3n) is 8.48. The molecule has 9 rings (SSSR count). The van der Waals surface area contributed by atoms with Crippen LogP contribution in [-0.4, -0.2) is 21.6 Å². The van der Waals surface area contributed by atoms with Gasteiger partial charge >= 0.3 is 6.85 Å². The molecule has 0 unspecified atom stereocenters. The van der Waals surface area contributed by atoms with Gasteiger partial charge in [0.25, 0.3) is 0 Å². The highest BCUT2D eigenvalue weighted by Gasteiger charge is 2.42. The van der Waals surface area contributed by atoms with E-state index in [1.54, 1.807) is 11.3 Å². The molecule has 42 heavy (non-hydrogen) atoms. The van der Waals surface area contributed by atoms with Crippen molar-refractivity contribution in [2.75, 3.05) is 4.81 Å². The van der Waals surface area contributed by atoms with Crippen molar-refractivity contribution in [1.29, 1.82) is 0 Å². The van der Waals surface area contributed by atoms with Crippen molar-refractivity contribution in [1.82, 2.24) is 14.8 Å². The van der Waals surface area contributed by atoms with Crippen LogP contribution in [-0.2, 0) is 0 Å². The molecule has 2 aromatic heterocycles. The maximum absolute atomic E-state index is 4.78. The van der Waals surface area contributed by atoms with E-state index in [1.165, 1.54) is 44.6 Å². The predicted molar refractivity (Wildman–Crippen MR) is 175 cm³/mol. The van der Waals surface area contributed by atoms with Crippen LogP contribution in [0.4, 0.5) is 11.4 Å². The maximum atomic E-state index is 4.78. The zero-order valence-electron chi connectivity index (χ0n) is 22.6. The fraction of sp³-hybridized carbons (Fsp3) is 0. The molecule has 5 aromatic carbocycles. The minimum absolute atomic E-state index is 0.0525. The molecule has 0 spiro atoms. The summed E-state index contributed by atoms with van der Waals surface area (Å²) in [6.45, 7) is 0.0525. The van der Waals surface area contributed by atoms with Gasteiger partial charge in [-0.1, -0.05) is 97.1 Å². The first kappa shape index (κ1) is 23.5. The Morgan fingerprint density at radius 3 is 2.02 bits per heavy atom. The van der Waals surface area contributed by atoms with E-state index in [0.29, 0.717) is 0 Å². The Labute approximate surface area is 248 Å². The molecule has 0 fully saturated rings. The van der Waals surface area contributed by atoms with Crippen molar-refractivity contribution < 1.29 is 0 Å². The summed E-state index contributed by atoms with van der Waals surface area (Å²) in [5.41, 5.74) is 14.5. The monoisotopic (exact) mass is 554 g/mol. The predicted octanol–water partition coefficient (Wildman–Crippen LogP) is 7.57. The van der Waals surface area contributed by atoms with E-state index in [0.717, 1.165) is 27.4 Å². The quantitative estimate of drug-likeness (QED) is 0.211. The van der Waals surface area contributed by atoms with Crippen molar-refractivity contribution in [3.63, 3.8) is 0 Å². The van der Waals surface area contributed by atoms with Crippen LogP contribution in [0.2, 0.25) is 0 Å². The van der Waals surface area contributed by atoms with E-state index >= 15 is 0 Å². The fourth-order valence-corrected chi connectivity index (χ4v) is 7.24. The Bertz CT molecular complexity index is 2120. The number of rotatable bonds is 3. The third kappa shape index (κ3) is 3.49. The molecule has 4 nitrogen and oxygen atoms in total. The standard InChI is InChI=1S/C36H23BN4S/c1-2-8-24(9-3-1)26-22-39-40(23-26)27-15-17-31-29-11-5-7-13-33(29)37-32-12-6-4-10-28(32)30-16-14-25(36-38-18-19-42-36)20-34(30)41(37)35(31)21-27/h1-23H. The number of hydrogen-bond donors (Lipinski definition) is 0. The molecule has 4 heterocycles. The molecule has 2 aliphatic rings. The minimum atomic E-state index is 0.0525. The molecule has 196 valence electrons. The molecular weight excluding hydrogens is 531 g/mol. The van der Waals surface area contributed by atoms with Crippen LogP contribution in [0.25, 0.3) is 49.6 Å². The van der Waals surface area contributed by atoms with Gasteiger partial charge in [-0.15, -0.1) is 11.3 Å².